The van der Waals surface area contributed by atoms with Gasteiger partial charge in [-0.2, -0.15) is 0 Å². The molecule has 1 nitrogen and oxygen atoms in total. The van der Waals surface area contributed by atoms with Gasteiger partial charge in [0, 0.05) is 11.4 Å². The third-order valence-corrected chi connectivity index (χ3v) is 1.42. The average molecular weight is 261 g/mol. The van der Waals surface area contributed by atoms with E-state index in [9.17, 15) is 0 Å². The minimum atomic E-state index is 0. The molecule has 0 rings (SSSR count). The summed E-state index contributed by atoms with van der Waals surface area (Å²) in [5.74, 6) is 0. The maximum Gasteiger partial charge on any atom is 0.00433 e. The third kappa shape index (κ3) is 12.2. The first-order chi connectivity index (χ1) is 3.77. The van der Waals surface area contributed by atoms with Crippen molar-refractivity contribution in [2.75, 3.05) is 11.9 Å². The molecule has 9 heavy (non-hydrogen) atoms. The highest BCUT2D eigenvalue weighted by Gasteiger charge is 1.88. The second-order valence-corrected chi connectivity index (χ2v) is 2.94. The van der Waals surface area contributed by atoms with E-state index in [1.165, 1.54) is 6.42 Å². The third-order valence-electron chi connectivity index (χ3n) is 0.863. The molecule has 0 amide bonds. The molecule has 0 atom stereocenters. The van der Waals surface area contributed by atoms with E-state index in [4.69, 9.17) is 0 Å². The van der Waals surface area contributed by atoms with Crippen LogP contribution in [-0.2, 0) is 0 Å². The van der Waals surface area contributed by atoms with Gasteiger partial charge in [0.1, 0.15) is 0 Å². The van der Waals surface area contributed by atoms with Crippen molar-refractivity contribution >= 4 is 32.9 Å². The maximum atomic E-state index is 3.36. The summed E-state index contributed by atoms with van der Waals surface area (Å²) in [7, 11) is 0. The first-order valence-electron chi connectivity index (χ1n) is 3.06. The number of hydrogen-bond donors (Lipinski definition) is 1. The van der Waals surface area contributed by atoms with Crippen LogP contribution in [0.25, 0.3) is 0 Å². The van der Waals surface area contributed by atoms with Crippen LogP contribution in [-0.4, -0.2) is 17.9 Å². The van der Waals surface area contributed by atoms with Gasteiger partial charge in [-0.05, 0) is 13.0 Å². The Balaban J connectivity index is 0. The fourth-order valence-electron chi connectivity index (χ4n) is 0.458. The van der Waals surface area contributed by atoms with Gasteiger partial charge in [-0.15, -0.1) is 17.0 Å². The predicted octanol–water partition coefficient (Wildman–Crippen LogP) is 2.35. The maximum absolute atomic E-state index is 3.36. The van der Waals surface area contributed by atoms with E-state index in [2.05, 4.69) is 35.1 Å². The summed E-state index contributed by atoms with van der Waals surface area (Å²) in [5, 5.41) is 4.42. The van der Waals surface area contributed by atoms with E-state index in [1.807, 2.05) is 0 Å². The molecule has 0 aliphatic carbocycles. The number of alkyl halides is 1. The van der Waals surface area contributed by atoms with Crippen LogP contribution >= 0.6 is 32.9 Å². The molecule has 1 N–H and O–H groups in total. The van der Waals surface area contributed by atoms with Gasteiger partial charge in [0.15, 0.2) is 0 Å². The second kappa shape index (κ2) is 8.92. The molecule has 0 aromatic carbocycles. The lowest BCUT2D eigenvalue weighted by molar-refractivity contribution is 0.586. The lowest BCUT2D eigenvalue weighted by Gasteiger charge is -2.04. The zero-order chi connectivity index (χ0) is 6.41. The van der Waals surface area contributed by atoms with Crippen molar-refractivity contribution < 1.29 is 0 Å². The van der Waals surface area contributed by atoms with Crippen LogP contribution in [0.4, 0.5) is 0 Å². The number of nitrogens with one attached hydrogen (secondary N) is 1. The second-order valence-electron chi connectivity index (χ2n) is 2.15. The van der Waals surface area contributed by atoms with Crippen molar-refractivity contribution in [1.29, 1.82) is 0 Å². The highest BCUT2D eigenvalue weighted by atomic mass is 79.9. The number of rotatable bonds is 4. The van der Waals surface area contributed by atoms with Gasteiger partial charge < -0.3 is 5.32 Å². The van der Waals surface area contributed by atoms with Gasteiger partial charge in [0.25, 0.3) is 0 Å². The molecule has 0 bridgehead atoms. The lowest BCUT2D eigenvalue weighted by Crippen LogP contribution is -2.23. The Labute approximate surface area is 76.5 Å². The molecule has 0 radical (unpaired) electrons. The Kier molecular flexibility index (Phi) is 12.5. The zero-order valence-electron chi connectivity index (χ0n) is 5.98. The average Bonchev–Trinajstić information content (AvgIpc) is 1.66. The summed E-state index contributed by atoms with van der Waals surface area (Å²) < 4.78 is 0. The molecule has 0 saturated heterocycles. The van der Waals surface area contributed by atoms with Crippen LogP contribution in [0.3, 0.4) is 0 Å². The molecule has 0 heterocycles. The van der Waals surface area contributed by atoms with Gasteiger partial charge in [-0.25, -0.2) is 0 Å². The Morgan fingerprint density at radius 2 is 2.00 bits per heavy atom. The topological polar surface area (TPSA) is 12.0 Å². The van der Waals surface area contributed by atoms with Crippen LogP contribution in [0.5, 0.6) is 0 Å². The van der Waals surface area contributed by atoms with Gasteiger partial charge in [-0.1, -0.05) is 29.8 Å². The quantitative estimate of drug-likeness (QED) is 0.605. The van der Waals surface area contributed by atoms with Gasteiger partial charge in [-0.3, -0.25) is 0 Å². The number of hydrogen-bond acceptors (Lipinski definition) is 1. The minimum absolute atomic E-state index is 0. The Morgan fingerprint density at radius 1 is 1.44 bits per heavy atom. The monoisotopic (exact) mass is 259 g/mol. The minimum Gasteiger partial charge on any atom is -0.315 e. The van der Waals surface area contributed by atoms with Crippen molar-refractivity contribution in [3.63, 3.8) is 0 Å². The standard InChI is InChI=1S/C6H14BrN.BrH/c1-6(2)8-5-3-4-7;/h6,8H,3-5H2,1-2H3;1H. The van der Waals surface area contributed by atoms with E-state index >= 15 is 0 Å². The fraction of sp³-hybridized carbons (Fsp3) is 1.00. The molecule has 0 aromatic rings. The molecule has 3 heteroatoms. The Bertz CT molecular complexity index is 48.3. The largest absolute Gasteiger partial charge is 0.315 e. The molecule has 0 unspecified atom stereocenters. The molecule has 0 aromatic heterocycles. The Morgan fingerprint density at radius 3 is 2.33 bits per heavy atom. The lowest BCUT2D eigenvalue weighted by atomic mass is 10.4. The summed E-state index contributed by atoms with van der Waals surface area (Å²) in [6.07, 6.45) is 1.22. The SMILES string of the molecule is Br.CC(C)NCCCBr. The van der Waals surface area contributed by atoms with Crippen LogP contribution in [0, 0.1) is 0 Å². The first-order valence-corrected chi connectivity index (χ1v) is 4.19. The van der Waals surface area contributed by atoms with Gasteiger partial charge in [0.2, 0.25) is 0 Å². The summed E-state index contributed by atoms with van der Waals surface area (Å²) in [4.78, 5) is 0. The van der Waals surface area contributed by atoms with E-state index in [1.54, 1.807) is 0 Å². The van der Waals surface area contributed by atoms with Crippen LogP contribution in [0.2, 0.25) is 0 Å². The van der Waals surface area contributed by atoms with Crippen molar-refractivity contribution in [1.82, 2.24) is 5.32 Å². The normalized spacial score (nSPS) is 9.33. The Hall–Kier alpha value is 0.920. The van der Waals surface area contributed by atoms with E-state index in [0.717, 1.165) is 11.9 Å². The molecule has 0 spiro atoms. The summed E-state index contributed by atoms with van der Waals surface area (Å²) in [6.45, 7) is 5.45. The van der Waals surface area contributed by atoms with Gasteiger partial charge in [0.05, 0.1) is 0 Å². The zero-order valence-corrected chi connectivity index (χ0v) is 9.28. The van der Waals surface area contributed by atoms with Crippen LogP contribution in [0.15, 0.2) is 0 Å². The van der Waals surface area contributed by atoms with Gasteiger partial charge >= 0.3 is 0 Å². The molecule has 58 valence electrons. The molecular weight excluding hydrogens is 246 g/mol. The van der Waals surface area contributed by atoms with Crippen LogP contribution < -0.4 is 5.32 Å². The highest BCUT2D eigenvalue weighted by Crippen LogP contribution is 1.85. The summed E-state index contributed by atoms with van der Waals surface area (Å²) in [6, 6.07) is 0.633. The highest BCUT2D eigenvalue weighted by molar-refractivity contribution is 9.09. The molecule has 0 fully saturated rings. The van der Waals surface area contributed by atoms with E-state index in [0.29, 0.717) is 6.04 Å². The van der Waals surface area contributed by atoms with Crippen molar-refractivity contribution in [3.8, 4) is 0 Å². The van der Waals surface area contributed by atoms with Crippen molar-refractivity contribution in [2.24, 2.45) is 0 Å². The number of halogens is 2. The first kappa shape index (κ1) is 12.6. The molecule has 0 aliphatic heterocycles. The molecule has 0 aliphatic rings. The predicted molar refractivity (Wildman–Crippen MR) is 51.9 cm³/mol. The van der Waals surface area contributed by atoms with Crippen molar-refractivity contribution in [2.45, 2.75) is 26.3 Å². The summed E-state index contributed by atoms with van der Waals surface area (Å²) >= 11 is 3.36. The smallest absolute Gasteiger partial charge is 0.00433 e. The van der Waals surface area contributed by atoms with Crippen LogP contribution in [0.1, 0.15) is 20.3 Å². The van der Waals surface area contributed by atoms with E-state index in [-0.39, 0.29) is 17.0 Å². The fourth-order valence-corrected chi connectivity index (χ4v) is 0.738. The van der Waals surface area contributed by atoms with E-state index < -0.39 is 0 Å². The van der Waals surface area contributed by atoms with Crippen molar-refractivity contribution in [3.05, 3.63) is 0 Å². The molecule has 0 saturated carbocycles. The molecular formula is C6H15Br2N. The summed E-state index contributed by atoms with van der Waals surface area (Å²) in [5.41, 5.74) is 0.